The summed E-state index contributed by atoms with van der Waals surface area (Å²) in [7, 11) is 0. The van der Waals surface area contributed by atoms with Crippen molar-refractivity contribution in [1.82, 2.24) is 10.3 Å². The van der Waals surface area contributed by atoms with Crippen molar-refractivity contribution in [3.63, 3.8) is 0 Å². The fraction of sp³-hybridized carbons (Fsp3) is 0.643. The molecule has 0 amide bonds. The van der Waals surface area contributed by atoms with Gasteiger partial charge in [0.05, 0.1) is 6.61 Å². The highest BCUT2D eigenvalue weighted by Gasteiger charge is 2.11. The summed E-state index contributed by atoms with van der Waals surface area (Å²) in [6.45, 7) is 12.1. The molecule has 96 valence electrons. The van der Waals surface area contributed by atoms with Crippen LogP contribution in [-0.4, -0.2) is 17.1 Å². The third kappa shape index (κ3) is 5.18. The van der Waals surface area contributed by atoms with Crippen molar-refractivity contribution in [3.8, 4) is 5.75 Å². The summed E-state index contributed by atoms with van der Waals surface area (Å²) in [5.74, 6) is 0.955. The number of pyridine rings is 1. The summed E-state index contributed by atoms with van der Waals surface area (Å²) < 4.78 is 5.75. The Morgan fingerprint density at radius 2 is 2.06 bits per heavy atom. The summed E-state index contributed by atoms with van der Waals surface area (Å²) >= 11 is 0. The molecule has 0 aliphatic rings. The second kappa shape index (κ2) is 6.01. The van der Waals surface area contributed by atoms with E-state index in [0.717, 1.165) is 36.6 Å². The molecule has 3 heteroatoms. The Balaban J connectivity index is 2.75. The van der Waals surface area contributed by atoms with Gasteiger partial charge in [0.1, 0.15) is 5.75 Å². The van der Waals surface area contributed by atoms with E-state index in [2.05, 4.69) is 38.0 Å². The normalized spacial score (nSPS) is 11.6. The van der Waals surface area contributed by atoms with Gasteiger partial charge in [-0.3, -0.25) is 4.98 Å². The fourth-order valence-corrected chi connectivity index (χ4v) is 1.40. The van der Waals surface area contributed by atoms with Gasteiger partial charge in [0, 0.05) is 35.6 Å². The molecular weight excluding hydrogens is 212 g/mol. The molecule has 1 N–H and O–H groups in total. The van der Waals surface area contributed by atoms with E-state index < -0.39 is 0 Å². The van der Waals surface area contributed by atoms with Crippen molar-refractivity contribution in [1.29, 1.82) is 0 Å². The van der Waals surface area contributed by atoms with Crippen LogP contribution in [0.1, 0.15) is 45.4 Å². The molecule has 0 aromatic carbocycles. The molecule has 0 radical (unpaired) electrons. The minimum atomic E-state index is 0.104. The molecule has 0 spiro atoms. The van der Waals surface area contributed by atoms with Gasteiger partial charge in [-0.05, 0) is 34.1 Å². The molecule has 17 heavy (non-hydrogen) atoms. The van der Waals surface area contributed by atoms with Gasteiger partial charge < -0.3 is 10.1 Å². The Bertz CT molecular complexity index is 356. The van der Waals surface area contributed by atoms with Gasteiger partial charge in [0.2, 0.25) is 0 Å². The smallest absolute Gasteiger partial charge is 0.127 e. The van der Waals surface area contributed by atoms with Gasteiger partial charge in [-0.15, -0.1) is 0 Å². The monoisotopic (exact) mass is 236 g/mol. The topological polar surface area (TPSA) is 34.1 Å². The summed E-state index contributed by atoms with van der Waals surface area (Å²) in [5.41, 5.74) is 2.22. The number of ether oxygens (including phenoxy) is 1. The zero-order valence-electron chi connectivity index (χ0n) is 11.6. The van der Waals surface area contributed by atoms with Gasteiger partial charge >= 0.3 is 0 Å². The highest BCUT2D eigenvalue weighted by atomic mass is 16.5. The molecule has 0 atom stereocenters. The first-order valence-corrected chi connectivity index (χ1v) is 6.25. The molecule has 0 saturated heterocycles. The van der Waals surface area contributed by atoms with Crippen LogP contribution in [0.3, 0.4) is 0 Å². The van der Waals surface area contributed by atoms with Crippen LogP contribution in [0, 0.1) is 6.92 Å². The van der Waals surface area contributed by atoms with E-state index in [-0.39, 0.29) is 5.54 Å². The molecular formula is C14H24N2O. The lowest BCUT2D eigenvalue weighted by Crippen LogP contribution is -2.35. The number of nitrogens with one attached hydrogen (secondary N) is 1. The van der Waals surface area contributed by atoms with Gasteiger partial charge in [-0.1, -0.05) is 6.92 Å². The zero-order chi connectivity index (χ0) is 12.9. The minimum Gasteiger partial charge on any atom is -0.493 e. The van der Waals surface area contributed by atoms with Gasteiger partial charge in [0.25, 0.3) is 0 Å². The summed E-state index contributed by atoms with van der Waals surface area (Å²) in [6, 6.07) is 2.01. The first-order chi connectivity index (χ1) is 7.92. The van der Waals surface area contributed by atoms with Crippen molar-refractivity contribution >= 4 is 0 Å². The van der Waals surface area contributed by atoms with Crippen LogP contribution < -0.4 is 10.1 Å². The third-order valence-electron chi connectivity index (χ3n) is 2.35. The van der Waals surface area contributed by atoms with Crippen molar-refractivity contribution in [2.45, 2.75) is 53.1 Å². The highest BCUT2D eigenvalue weighted by molar-refractivity contribution is 5.32. The van der Waals surface area contributed by atoms with Gasteiger partial charge in [0.15, 0.2) is 0 Å². The lowest BCUT2D eigenvalue weighted by atomic mass is 10.1. The predicted molar refractivity (Wildman–Crippen MR) is 71.4 cm³/mol. The van der Waals surface area contributed by atoms with Crippen LogP contribution in [-0.2, 0) is 6.54 Å². The number of nitrogens with zero attached hydrogens (tertiary/aromatic N) is 1. The lowest BCUT2D eigenvalue weighted by molar-refractivity contribution is 0.310. The molecule has 1 rings (SSSR count). The molecule has 0 fully saturated rings. The maximum atomic E-state index is 5.75. The molecule has 0 aliphatic carbocycles. The van der Waals surface area contributed by atoms with Crippen molar-refractivity contribution < 1.29 is 4.74 Å². The predicted octanol–water partition coefficient (Wildman–Crippen LogP) is 3.07. The number of aromatic nitrogens is 1. The van der Waals surface area contributed by atoms with Crippen molar-refractivity contribution in [2.75, 3.05) is 6.61 Å². The zero-order valence-corrected chi connectivity index (χ0v) is 11.6. The van der Waals surface area contributed by atoms with Gasteiger partial charge in [-0.25, -0.2) is 0 Å². The fourth-order valence-electron chi connectivity index (χ4n) is 1.40. The number of aryl methyl sites for hydroxylation is 1. The van der Waals surface area contributed by atoms with E-state index in [1.807, 2.05) is 19.2 Å². The third-order valence-corrected chi connectivity index (χ3v) is 2.35. The standard InChI is InChI=1S/C14H24N2O/c1-6-7-17-13-8-11(2)15-9-12(13)10-16-14(3,4)5/h8-9,16H,6-7,10H2,1-5H3. The van der Waals surface area contributed by atoms with E-state index in [1.54, 1.807) is 0 Å². The summed E-state index contributed by atoms with van der Waals surface area (Å²) in [4.78, 5) is 4.33. The van der Waals surface area contributed by atoms with E-state index in [1.165, 1.54) is 0 Å². The van der Waals surface area contributed by atoms with E-state index in [0.29, 0.717) is 0 Å². The number of hydrogen-bond acceptors (Lipinski definition) is 3. The first kappa shape index (κ1) is 14.0. The Morgan fingerprint density at radius 3 is 2.65 bits per heavy atom. The molecule has 0 bridgehead atoms. The maximum Gasteiger partial charge on any atom is 0.127 e. The van der Waals surface area contributed by atoms with Crippen LogP contribution in [0.4, 0.5) is 0 Å². The van der Waals surface area contributed by atoms with Crippen molar-refractivity contribution in [3.05, 3.63) is 23.5 Å². The Kier molecular flexibility index (Phi) is 4.94. The highest BCUT2D eigenvalue weighted by Crippen LogP contribution is 2.19. The second-order valence-electron chi connectivity index (χ2n) is 5.39. The van der Waals surface area contributed by atoms with E-state index >= 15 is 0 Å². The molecule has 0 saturated carbocycles. The minimum absolute atomic E-state index is 0.104. The van der Waals surface area contributed by atoms with Crippen LogP contribution in [0.15, 0.2) is 12.3 Å². The second-order valence-corrected chi connectivity index (χ2v) is 5.39. The largest absolute Gasteiger partial charge is 0.493 e. The molecule has 3 nitrogen and oxygen atoms in total. The summed E-state index contributed by atoms with van der Waals surface area (Å²) in [5, 5.41) is 3.45. The SMILES string of the molecule is CCCOc1cc(C)ncc1CNC(C)(C)C. The molecule has 0 aliphatic heterocycles. The number of rotatable bonds is 5. The van der Waals surface area contributed by atoms with Crippen molar-refractivity contribution in [2.24, 2.45) is 0 Å². The quantitative estimate of drug-likeness (QED) is 0.853. The average molecular weight is 236 g/mol. The maximum absolute atomic E-state index is 5.75. The van der Waals surface area contributed by atoms with Crippen LogP contribution in [0.5, 0.6) is 5.75 Å². The van der Waals surface area contributed by atoms with Crippen LogP contribution in [0.2, 0.25) is 0 Å². The average Bonchev–Trinajstić information content (AvgIpc) is 2.23. The first-order valence-electron chi connectivity index (χ1n) is 6.25. The van der Waals surface area contributed by atoms with Gasteiger partial charge in [-0.2, -0.15) is 0 Å². The Morgan fingerprint density at radius 1 is 1.35 bits per heavy atom. The Hall–Kier alpha value is -1.09. The van der Waals surface area contributed by atoms with E-state index in [4.69, 9.17) is 4.74 Å². The Labute approximate surface area is 105 Å². The molecule has 1 heterocycles. The number of hydrogen-bond donors (Lipinski definition) is 1. The molecule has 1 aromatic rings. The van der Waals surface area contributed by atoms with E-state index in [9.17, 15) is 0 Å². The molecule has 0 unspecified atom stereocenters. The summed E-state index contributed by atoms with van der Waals surface area (Å²) in [6.07, 6.45) is 2.92. The van der Waals surface area contributed by atoms with Crippen LogP contribution in [0.25, 0.3) is 0 Å². The lowest BCUT2D eigenvalue weighted by Gasteiger charge is -2.21. The van der Waals surface area contributed by atoms with Crippen LogP contribution >= 0.6 is 0 Å². The molecule has 1 aromatic heterocycles.